The van der Waals surface area contributed by atoms with Crippen LogP contribution in [-0.2, 0) is 4.79 Å². The lowest BCUT2D eigenvalue weighted by Crippen LogP contribution is -2.31. The van der Waals surface area contributed by atoms with E-state index in [9.17, 15) is 9.90 Å². The predicted molar refractivity (Wildman–Crippen MR) is 37.9 cm³/mol. The molecule has 1 fully saturated rings. The first-order valence-corrected chi connectivity index (χ1v) is 4.08. The van der Waals surface area contributed by atoms with Gasteiger partial charge in [0.2, 0.25) is 5.91 Å². The number of carbonyl (C=O) groups is 1. The second-order valence-corrected chi connectivity index (χ2v) is 3.29. The van der Waals surface area contributed by atoms with Crippen molar-refractivity contribution in [2.45, 2.75) is 25.7 Å². The molecular formula is C8H10NO2-. The average Bonchev–Trinajstić information content (AvgIpc) is 2.30. The van der Waals surface area contributed by atoms with E-state index >= 15 is 0 Å². The number of fused-ring (bicyclic) bond motifs is 1. The maximum Gasteiger partial charge on any atom is 0.248 e. The van der Waals surface area contributed by atoms with Gasteiger partial charge in [-0.1, -0.05) is 12.8 Å². The minimum Gasteiger partial charge on any atom is -0.861 e. The molecule has 0 aromatic carbocycles. The molecule has 1 aliphatic carbocycles. The molecule has 0 spiro atoms. The summed E-state index contributed by atoms with van der Waals surface area (Å²) in [6, 6.07) is 0. The molecule has 1 saturated carbocycles. The van der Waals surface area contributed by atoms with E-state index in [1.54, 1.807) is 0 Å². The summed E-state index contributed by atoms with van der Waals surface area (Å²) in [6.45, 7) is 0. The van der Waals surface area contributed by atoms with Crippen molar-refractivity contribution in [3.05, 3.63) is 0 Å². The Hall–Kier alpha value is -0.860. The molecule has 0 saturated heterocycles. The van der Waals surface area contributed by atoms with Gasteiger partial charge in [-0.3, -0.25) is 4.79 Å². The van der Waals surface area contributed by atoms with Gasteiger partial charge in [-0.05, 0) is 24.7 Å². The van der Waals surface area contributed by atoms with Crippen LogP contribution in [0.5, 0.6) is 0 Å². The second-order valence-electron chi connectivity index (χ2n) is 3.29. The SMILES string of the molecule is O=C1N=C([O-])[C@H]2CCCC[C@@H]12. The zero-order chi connectivity index (χ0) is 7.84. The van der Waals surface area contributed by atoms with Gasteiger partial charge < -0.3 is 5.11 Å². The number of nitrogens with zero attached hydrogens (tertiary/aromatic N) is 1. The van der Waals surface area contributed by atoms with Gasteiger partial charge in [0.1, 0.15) is 0 Å². The topological polar surface area (TPSA) is 52.5 Å². The average molecular weight is 152 g/mol. The monoisotopic (exact) mass is 152 g/mol. The van der Waals surface area contributed by atoms with E-state index in [1.165, 1.54) is 0 Å². The fraction of sp³-hybridized carbons (Fsp3) is 0.750. The van der Waals surface area contributed by atoms with E-state index in [0.717, 1.165) is 25.7 Å². The molecule has 60 valence electrons. The number of hydrogen-bond acceptors (Lipinski definition) is 2. The van der Waals surface area contributed by atoms with Crippen molar-refractivity contribution in [1.29, 1.82) is 0 Å². The van der Waals surface area contributed by atoms with Gasteiger partial charge >= 0.3 is 0 Å². The van der Waals surface area contributed by atoms with Crippen molar-refractivity contribution in [2.24, 2.45) is 16.8 Å². The Morgan fingerprint density at radius 2 is 1.91 bits per heavy atom. The highest BCUT2D eigenvalue weighted by Gasteiger charge is 2.35. The highest BCUT2D eigenvalue weighted by molar-refractivity contribution is 5.99. The first-order valence-electron chi connectivity index (χ1n) is 4.08. The third-order valence-corrected chi connectivity index (χ3v) is 2.62. The summed E-state index contributed by atoms with van der Waals surface area (Å²) in [5.41, 5.74) is 0. The molecule has 0 radical (unpaired) electrons. The van der Waals surface area contributed by atoms with E-state index in [4.69, 9.17) is 0 Å². The molecule has 0 unspecified atom stereocenters. The Labute approximate surface area is 65.1 Å². The van der Waals surface area contributed by atoms with Gasteiger partial charge in [-0.15, -0.1) is 0 Å². The summed E-state index contributed by atoms with van der Waals surface area (Å²) in [5.74, 6) is -0.424. The highest BCUT2D eigenvalue weighted by Crippen LogP contribution is 2.34. The van der Waals surface area contributed by atoms with Crippen LogP contribution in [0.25, 0.3) is 0 Å². The van der Waals surface area contributed by atoms with Crippen molar-refractivity contribution in [2.75, 3.05) is 0 Å². The van der Waals surface area contributed by atoms with Crippen LogP contribution in [0.3, 0.4) is 0 Å². The Morgan fingerprint density at radius 1 is 1.27 bits per heavy atom. The van der Waals surface area contributed by atoms with Crippen molar-refractivity contribution >= 4 is 11.8 Å². The molecule has 0 bridgehead atoms. The van der Waals surface area contributed by atoms with E-state index in [0.29, 0.717) is 0 Å². The number of aliphatic imine (C=N–C) groups is 1. The Bertz CT molecular complexity index is 222. The third kappa shape index (κ3) is 0.951. The van der Waals surface area contributed by atoms with Crippen LogP contribution in [0.2, 0.25) is 0 Å². The molecule has 0 aromatic rings. The smallest absolute Gasteiger partial charge is 0.248 e. The Morgan fingerprint density at radius 3 is 2.55 bits per heavy atom. The highest BCUT2D eigenvalue weighted by atomic mass is 16.3. The van der Waals surface area contributed by atoms with Crippen LogP contribution in [0, 0.1) is 11.8 Å². The maximum atomic E-state index is 11.0. The summed E-state index contributed by atoms with van der Waals surface area (Å²) in [7, 11) is 0. The number of amides is 1. The lowest BCUT2D eigenvalue weighted by Gasteiger charge is -2.26. The zero-order valence-corrected chi connectivity index (χ0v) is 6.25. The first-order chi connectivity index (χ1) is 5.29. The fourth-order valence-corrected chi connectivity index (χ4v) is 2.00. The van der Waals surface area contributed by atoms with Gasteiger partial charge in [0.05, 0.1) is 0 Å². The summed E-state index contributed by atoms with van der Waals surface area (Å²) >= 11 is 0. The largest absolute Gasteiger partial charge is 0.861 e. The van der Waals surface area contributed by atoms with Gasteiger partial charge in [-0.25, -0.2) is 4.99 Å². The standard InChI is InChI=1S/C8H11NO2/c10-7-5-3-1-2-4-6(5)8(11)9-7/h5-6H,1-4H2,(H,9,10,11)/p-1/t5-,6+. The summed E-state index contributed by atoms with van der Waals surface area (Å²) < 4.78 is 0. The molecule has 1 heterocycles. The van der Waals surface area contributed by atoms with E-state index in [2.05, 4.69) is 4.99 Å². The van der Waals surface area contributed by atoms with Crippen LogP contribution in [0.4, 0.5) is 0 Å². The molecule has 2 rings (SSSR count). The minimum atomic E-state index is -0.167. The number of rotatable bonds is 0. The van der Waals surface area contributed by atoms with Crippen molar-refractivity contribution in [3.63, 3.8) is 0 Å². The van der Waals surface area contributed by atoms with Crippen LogP contribution < -0.4 is 5.11 Å². The second kappa shape index (κ2) is 2.32. The number of hydrogen-bond donors (Lipinski definition) is 0. The van der Waals surface area contributed by atoms with Crippen LogP contribution in [0.1, 0.15) is 25.7 Å². The van der Waals surface area contributed by atoms with Crippen molar-refractivity contribution < 1.29 is 9.90 Å². The van der Waals surface area contributed by atoms with Crippen LogP contribution >= 0.6 is 0 Å². The molecule has 3 heteroatoms. The van der Waals surface area contributed by atoms with Gasteiger partial charge in [0.25, 0.3) is 0 Å². The first kappa shape index (κ1) is 6.83. The molecule has 1 aliphatic heterocycles. The molecule has 0 aromatic heterocycles. The minimum absolute atomic E-state index is 0.0451. The van der Waals surface area contributed by atoms with E-state index in [-0.39, 0.29) is 23.6 Å². The Balaban J connectivity index is 2.21. The quantitative estimate of drug-likeness (QED) is 0.494. The zero-order valence-electron chi connectivity index (χ0n) is 6.25. The normalized spacial score (nSPS) is 36.7. The third-order valence-electron chi connectivity index (χ3n) is 2.62. The van der Waals surface area contributed by atoms with Crippen LogP contribution in [-0.4, -0.2) is 11.8 Å². The summed E-state index contributed by atoms with van der Waals surface area (Å²) in [6.07, 6.45) is 3.91. The molecular weight excluding hydrogens is 142 g/mol. The van der Waals surface area contributed by atoms with Crippen molar-refractivity contribution in [1.82, 2.24) is 0 Å². The number of carbonyl (C=O) groups excluding carboxylic acids is 1. The Kier molecular flexibility index (Phi) is 1.44. The lowest BCUT2D eigenvalue weighted by atomic mass is 9.81. The van der Waals surface area contributed by atoms with Gasteiger partial charge in [0.15, 0.2) is 0 Å². The molecule has 11 heavy (non-hydrogen) atoms. The summed E-state index contributed by atoms with van der Waals surface area (Å²) in [4.78, 5) is 14.5. The molecule has 2 aliphatic rings. The molecule has 1 amide bonds. The van der Waals surface area contributed by atoms with Crippen LogP contribution in [0.15, 0.2) is 4.99 Å². The maximum absolute atomic E-state index is 11.0. The van der Waals surface area contributed by atoms with Gasteiger partial charge in [-0.2, -0.15) is 0 Å². The van der Waals surface area contributed by atoms with E-state index in [1.807, 2.05) is 0 Å². The van der Waals surface area contributed by atoms with E-state index < -0.39 is 0 Å². The van der Waals surface area contributed by atoms with Gasteiger partial charge in [0, 0.05) is 5.92 Å². The summed E-state index contributed by atoms with van der Waals surface area (Å²) in [5, 5.41) is 11.0. The predicted octanol–water partition coefficient (Wildman–Crippen LogP) is 0.0918. The molecule has 2 atom stereocenters. The van der Waals surface area contributed by atoms with Crippen molar-refractivity contribution in [3.8, 4) is 0 Å². The molecule has 3 nitrogen and oxygen atoms in total. The lowest BCUT2D eigenvalue weighted by molar-refractivity contribution is -0.224. The molecule has 0 N–H and O–H groups in total. The fourth-order valence-electron chi connectivity index (χ4n) is 2.00.